The Hall–Kier alpha value is -0.650. The van der Waals surface area contributed by atoms with Crippen LogP contribution in [-0.4, -0.2) is 13.5 Å². The minimum Gasteiger partial charge on any atom is -0.450 e. The SMILES string of the molecule is CC(C)(C)C1(S(=O)(=O)Cl)Nc2ccc(Cl)cc2O1. The number of hydrogen-bond donors (Lipinski definition) is 1. The second kappa shape index (κ2) is 3.92. The van der Waals surface area contributed by atoms with E-state index in [1.807, 2.05) is 0 Å². The van der Waals surface area contributed by atoms with Crippen LogP contribution in [0.1, 0.15) is 20.8 Å². The molecule has 0 spiro atoms. The van der Waals surface area contributed by atoms with Crippen molar-refractivity contribution < 1.29 is 13.2 Å². The van der Waals surface area contributed by atoms with E-state index in [9.17, 15) is 8.42 Å². The normalized spacial score (nSPS) is 23.2. The summed E-state index contributed by atoms with van der Waals surface area (Å²) in [5, 5.41) is 1.62. The second-order valence-corrected chi connectivity index (χ2v) is 8.28. The summed E-state index contributed by atoms with van der Waals surface area (Å²) in [6.45, 7) is 5.19. The molecule has 0 saturated heterocycles. The van der Waals surface area contributed by atoms with E-state index in [1.165, 1.54) is 0 Å². The van der Waals surface area contributed by atoms with Gasteiger partial charge in [-0.3, -0.25) is 0 Å². The zero-order valence-corrected chi connectivity index (χ0v) is 12.4. The van der Waals surface area contributed by atoms with Gasteiger partial charge in [-0.2, -0.15) is 0 Å². The van der Waals surface area contributed by atoms with Crippen LogP contribution in [0.2, 0.25) is 5.02 Å². The van der Waals surface area contributed by atoms with E-state index >= 15 is 0 Å². The lowest BCUT2D eigenvalue weighted by Gasteiger charge is -2.37. The van der Waals surface area contributed by atoms with Gasteiger partial charge in [0.15, 0.2) is 0 Å². The van der Waals surface area contributed by atoms with Crippen molar-refractivity contribution in [2.24, 2.45) is 5.41 Å². The number of rotatable bonds is 1. The van der Waals surface area contributed by atoms with Gasteiger partial charge in [-0.25, -0.2) is 8.42 Å². The predicted molar refractivity (Wildman–Crippen MR) is 72.7 cm³/mol. The van der Waals surface area contributed by atoms with Crippen LogP contribution in [0.3, 0.4) is 0 Å². The number of nitrogens with one attached hydrogen (secondary N) is 1. The highest BCUT2D eigenvalue weighted by atomic mass is 35.7. The molecule has 1 unspecified atom stereocenters. The van der Waals surface area contributed by atoms with Gasteiger partial charge in [0.2, 0.25) is 0 Å². The Kier molecular flexibility index (Phi) is 3.00. The van der Waals surface area contributed by atoms with Gasteiger partial charge in [0, 0.05) is 27.2 Å². The topological polar surface area (TPSA) is 55.4 Å². The summed E-state index contributed by atoms with van der Waals surface area (Å²) >= 11 is 5.85. The fraction of sp³-hybridized carbons (Fsp3) is 0.455. The maximum Gasteiger partial charge on any atom is 0.302 e. The summed E-state index contributed by atoms with van der Waals surface area (Å²) in [6, 6.07) is 4.86. The summed E-state index contributed by atoms with van der Waals surface area (Å²) in [4.78, 5) is 0. The van der Waals surface area contributed by atoms with E-state index in [4.69, 9.17) is 27.0 Å². The molecular weight excluding hydrogens is 297 g/mol. The van der Waals surface area contributed by atoms with E-state index in [-0.39, 0.29) is 0 Å². The summed E-state index contributed by atoms with van der Waals surface area (Å²) in [5.74, 6) is 0.377. The Labute approximate surface area is 116 Å². The van der Waals surface area contributed by atoms with Crippen LogP contribution >= 0.6 is 22.3 Å². The molecule has 0 amide bonds. The van der Waals surface area contributed by atoms with Crippen molar-refractivity contribution in [1.29, 1.82) is 0 Å². The molecule has 1 atom stereocenters. The minimum absolute atomic E-state index is 0.377. The van der Waals surface area contributed by atoms with Crippen LogP contribution in [0.4, 0.5) is 5.69 Å². The third-order valence-corrected chi connectivity index (χ3v) is 5.20. The molecule has 1 aliphatic heterocycles. The van der Waals surface area contributed by atoms with Crippen molar-refractivity contribution in [2.45, 2.75) is 25.8 Å². The Bertz CT molecular complexity index is 595. The highest BCUT2D eigenvalue weighted by Crippen LogP contribution is 2.49. The number of anilines is 1. The number of ether oxygens (including phenoxy) is 1. The zero-order chi connectivity index (χ0) is 13.8. The minimum atomic E-state index is -4.01. The van der Waals surface area contributed by atoms with E-state index < -0.39 is 19.5 Å². The molecule has 0 radical (unpaired) electrons. The molecule has 0 aliphatic carbocycles. The van der Waals surface area contributed by atoms with Gasteiger partial charge < -0.3 is 10.1 Å². The van der Waals surface area contributed by atoms with Crippen molar-refractivity contribution in [2.75, 3.05) is 5.32 Å². The summed E-state index contributed by atoms with van der Waals surface area (Å²) in [6.07, 6.45) is 0. The van der Waals surface area contributed by atoms with E-state index in [0.29, 0.717) is 16.5 Å². The standard InChI is InChI=1S/C11H13Cl2NO3S/c1-10(2,3)11(18(13,15)16)14-8-5-4-7(12)6-9(8)17-11/h4-6,14H,1-3H3. The summed E-state index contributed by atoms with van der Waals surface area (Å²) < 4.78 is 29.4. The molecule has 0 saturated carbocycles. The largest absolute Gasteiger partial charge is 0.450 e. The number of benzene rings is 1. The third kappa shape index (κ3) is 1.94. The first kappa shape index (κ1) is 13.8. The summed E-state index contributed by atoms with van der Waals surface area (Å²) in [5.41, 5.74) is -0.211. The Morgan fingerprint density at radius 3 is 2.44 bits per heavy atom. The van der Waals surface area contributed by atoms with Gasteiger partial charge in [-0.15, -0.1) is 0 Å². The zero-order valence-electron chi connectivity index (χ0n) is 10.1. The van der Waals surface area contributed by atoms with Crippen LogP contribution in [0.5, 0.6) is 5.75 Å². The van der Waals surface area contributed by atoms with E-state index in [0.717, 1.165) is 0 Å². The molecular formula is C11H13Cl2NO3S. The quantitative estimate of drug-likeness (QED) is 0.808. The van der Waals surface area contributed by atoms with Crippen molar-refractivity contribution in [3.05, 3.63) is 23.2 Å². The van der Waals surface area contributed by atoms with Crippen LogP contribution in [0.15, 0.2) is 18.2 Å². The van der Waals surface area contributed by atoms with Crippen LogP contribution in [0, 0.1) is 5.41 Å². The molecule has 18 heavy (non-hydrogen) atoms. The highest BCUT2D eigenvalue weighted by Gasteiger charge is 2.58. The molecule has 1 N–H and O–H groups in total. The first-order valence-electron chi connectivity index (χ1n) is 5.28. The Balaban J connectivity index is 2.59. The van der Waals surface area contributed by atoms with Gasteiger partial charge in [0.1, 0.15) is 5.75 Å². The lowest BCUT2D eigenvalue weighted by atomic mass is 9.94. The van der Waals surface area contributed by atoms with Crippen molar-refractivity contribution in [3.63, 3.8) is 0 Å². The van der Waals surface area contributed by atoms with Gasteiger partial charge in [0.05, 0.1) is 5.69 Å². The molecule has 4 nitrogen and oxygen atoms in total. The fourth-order valence-electron chi connectivity index (χ4n) is 1.86. The van der Waals surface area contributed by atoms with Gasteiger partial charge in [-0.05, 0) is 12.1 Å². The monoisotopic (exact) mass is 309 g/mol. The molecule has 1 aliphatic rings. The lowest BCUT2D eigenvalue weighted by Crippen LogP contribution is -2.56. The van der Waals surface area contributed by atoms with Crippen molar-refractivity contribution in [3.8, 4) is 5.75 Å². The van der Waals surface area contributed by atoms with Crippen LogP contribution in [-0.2, 0) is 9.05 Å². The molecule has 0 aromatic heterocycles. The van der Waals surface area contributed by atoms with Gasteiger partial charge in [-0.1, -0.05) is 32.4 Å². The van der Waals surface area contributed by atoms with Gasteiger partial charge >= 0.3 is 5.06 Å². The number of fused-ring (bicyclic) bond motifs is 1. The predicted octanol–water partition coefficient (Wildman–Crippen LogP) is 3.41. The second-order valence-electron chi connectivity index (χ2n) is 5.17. The molecule has 1 heterocycles. The molecule has 100 valence electrons. The average Bonchev–Trinajstić information content (AvgIpc) is 2.55. The van der Waals surface area contributed by atoms with E-state index in [2.05, 4.69) is 5.32 Å². The molecule has 7 heteroatoms. The first-order chi connectivity index (χ1) is 8.07. The first-order valence-corrected chi connectivity index (χ1v) is 7.96. The van der Waals surface area contributed by atoms with Crippen LogP contribution in [0.25, 0.3) is 0 Å². The number of hydrogen-bond acceptors (Lipinski definition) is 4. The Morgan fingerprint density at radius 2 is 1.94 bits per heavy atom. The third-order valence-electron chi connectivity index (χ3n) is 2.83. The van der Waals surface area contributed by atoms with Crippen molar-refractivity contribution >= 4 is 37.0 Å². The molecule has 1 aromatic carbocycles. The molecule has 2 rings (SSSR count). The number of halogens is 2. The highest BCUT2D eigenvalue weighted by molar-refractivity contribution is 8.14. The Morgan fingerprint density at radius 1 is 1.33 bits per heavy atom. The van der Waals surface area contributed by atoms with Crippen LogP contribution < -0.4 is 10.1 Å². The fourth-order valence-corrected chi connectivity index (χ4v) is 4.08. The maximum absolute atomic E-state index is 11.9. The average molecular weight is 310 g/mol. The van der Waals surface area contributed by atoms with Crippen molar-refractivity contribution in [1.82, 2.24) is 0 Å². The lowest BCUT2D eigenvalue weighted by molar-refractivity contribution is 0.0850. The molecule has 1 aromatic rings. The summed E-state index contributed by atoms with van der Waals surface area (Å²) in [7, 11) is 1.56. The smallest absolute Gasteiger partial charge is 0.302 e. The maximum atomic E-state index is 11.9. The molecule has 0 fully saturated rings. The van der Waals surface area contributed by atoms with Gasteiger partial charge in [0.25, 0.3) is 9.05 Å². The van der Waals surface area contributed by atoms with E-state index in [1.54, 1.807) is 39.0 Å². The molecule has 0 bridgehead atoms.